The number of hydrogen-bond donors (Lipinski definition) is 2. The van der Waals surface area contributed by atoms with Crippen molar-refractivity contribution in [3.8, 4) is 11.5 Å². The van der Waals surface area contributed by atoms with E-state index >= 15 is 0 Å². The Bertz CT molecular complexity index is 975. The van der Waals surface area contributed by atoms with E-state index in [2.05, 4.69) is 21.6 Å². The van der Waals surface area contributed by atoms with Gasteiger partial charge in [-0.1, -0.05) is 32.0 Å². The van der Waals surface area contributed by atoms with Crippen LogP contribution in [-0.2, 0) is 4.79 Å². The summed E-state index contributed by atoms with van der Waals surface area (Å²) >= 11 is 0. The molecule has 1 saturated heterocycles. The first kappa shape index (κ1) is 22.1. The fourth-order valence-electron chi connectivity index (χ4n) is 4.22. The van der Waals surface area contributed by atoms with Gasteiger partial charge in [-0.25, -0.2) is 0 Å². The molecule has 2 aromatic rings. The number of carbonyl (C=O) groups is 2. The lowest BCUT2D eigenvalue weighted by Crippen LogP contribution is -2.34. The largest absolute Gasteiger partial charge is 0.486 e. The van der Waals surface area contributed by atoms with Gasteiger partial charge >= 0.3 is 0 Å². The Labute approximate surface area is 189 Å². The minimum atomic E-state index is -0.176. The van der Waals surface area contributed by atoms with Crippen molar-refractivity contribution in [3.05, 3.63) is 53.6 Å². The Morgan fingerprint density at radius 1 is 1.09 bits per heavy atom. The van der Waals surface area contributed by atoms with Crippen molar-refractivity contribution in [1.82, 2.24) is 10.2 Å². The van der Waals surface area contributed by atoms with Crippen molar-refractivity contribution in [1.29, 1.82) is 0 Å². The molecule has 0 bridgehead atoms. The minimum Gasteiger partial charge on any atom is -0.486 e. The number of amides is 2. The second kappa shape index (κ2) is 10.0. The Morgan fingerprint density at radius 2 is 1.88 bits per heavy atom. The van der Waals surface area contributed by atoms with E-state index in [-0.39, 0.29) is 24.4 Å². The zero-order valence-electron chi connectivity index (χ0n) is 18.7. The predicted octanol–water partition coefficient (Wildman–Crippen LogP) is 3.62. The summed E-state index contributed by atoms with van der Waals surface area (Å²) in [4.78, 5) is 27.6. The third kappa shape index (κ3) is 5.22. The van der Waals surface area contributed by atoms with Crippen molar-refractivity contribution in [2.75, 3.05) is 38.2 Å². The number of nitrogens with zero attached hydrogens (tertiary/aromatic N) is 1. The zero-order chi connectivity index (χ0) is 22.5. The average Bonchev–Trinajstić information content (AvgIpc) is 3.25. The fourth-order valence-corrected chi connectivity index (χ4v) is 4.22. The third-order valence-electron chi connectivity index (χ3n) is 5.78. The number of nitrogens with one attached hydrogen (secondary N) is 2. The maximum Gasteiger partial charge on any atom is 0.253 e. The summed E-state index contributed by atoms with van der Waals surface area (Å²) in [7, 11) is 0. The van der Waals surface area contributed by atoms with Gasteiger partial charge in [0.25, 0.3) is 5.91 Å². The van der Waals surface area contributed by atoms with Gasteiger partial charge in [0.15, 0.2) is 11.5 Å². The van der Waals surface area contributed by atoms with Crippen LogP contribution in [0.15, 0.2) is 42.5 Å². The molecule has 1 atom stereocenters. The molecule has 4 rings (SSSR count). The summed E-state index contributed by atoms with van der Waals surface area (Å²) < 4.78 is 11.4. The van der Waals surface area contributed by atoms with Gasteiger partial charge in [-0.15, -0.1) is 0 Å². The first-order valence-electron chi connectivity index (χ1n) is 11.3. The molecule has 2 aliphatic heterocycles. The second-order valence-corrected chi connectivity index (χ2v) is 8.73. The molecule has 1 fully saturated rings. The lowest BCUT2D eigenvalue weighted by atomic mass is 10.0. The van der Waals surface area contributed by atoms with Crippen molar-refractivity contribution in [2.45, 2.75) is 32.7 Å². The molecular formula is C25H31N3O4. The highest BCUT2D eigenvalue weighted by atomic mass is 16.6. The Hall–Kier alpha value is -3.06. The maximum absolute atomic E-state index is 12.9. The summed E-state index contributed by atoms with van der Waals surface area (Å²) in [6.45, 7) is 6.91. The number of likely N-dealkylation sites (tertiary alicyclic amines) is 1. The van der Waals surface area contributed by atoms with Gasteiger partial charge in [0, 0.05) is 12.6 Å². The summed E-state index contributed by atoms with van der Waals surface area (Å²) in [5.41, 5.74) is 2.15. The van der Waals surface area contributed by atoms with Gasteiger partial charge in [0.1, 0.15) is 13.2 Å². The summed E-state index contributed by atoms with van der Waals surface area (Å²) in [5.74, 6) is 1.60. The number of benzene rings is 2. The minimum absolute atomic E-state index is 0.126. The first-order chi connectivity index (χ1) is 15.5. The van der Waals surface area contributed by atoms with Crippen molar-refractivity contribution >= 4 is 17.5 Å². The van der Waals surface area contributed by atoms with Crippen LogP contribution >= 0.6 is 0 Å². The highest BCUT2D eigenvalue weighted by Gasteiger charge is 2.29. The predicted molar refractivity (Wildman–Crippen MR) is 123 cm³/mol. The van der Waals surface area contributed by atoms with Crippen LogP contribution in [-0.4, -0.2) is 49.6 Å². The molecule has 1 unspecified atom stereocenters. The van der Waals surface area contributed by atoms with Gasteiger partial charge in [-0.2, -0.15) is 0 Å². The lowest BCUT2D eigenvalue weighted by Gasteiger charge is -2.26. The molecule has 0 saturated carbocycles. The Morgan fingerprint density at radius 3 is 2.69 bits per heavy atom. The van der Waals surface area contributed by atoms with Crippen LogP contribution in [0.5, 0.6) is 11.5 Å². The fraction of sp³-hybridized carbons (Fsp3) is 0.440. The van der Waals surface area contributed by atoms with Gasteiger partial charge in [-0.05, 0) is 55.1 Å². The molecule has 0 aliphatic carbocycles. The smallest absolute Gasteiger partial charge is 0.253 e. The van der Waals surface area contributed by atoms with Crippen LogP contribution in [0.4, 0.5) is 5.69 Å². The Balaban J connectivity index is 1.41. The van der Waals surface area contributed by atoms with Crippen LogP contribution in [0.2, 0.25) is 0 Å². The SMILES string of the molecule is CC(C)CNC(=O)c1ccccc1NC(=O)CN1CCCC1c1ccc2c(c1)OCCO2. The molecule has 0 spiro atoms. The van der Waals surface area contributed by atoms with Gasteiger partial charge in [0.05, 0.1) is 17.8 Å². The molecular weight excluding hydrogens is 406 g/mol. The van der Waals surface area contributed by atoms with Gasteiger partial charge in [-0.3, -0.25) is 14.5 Å². The van der Waals surface area contributed by atoms with Crippen LogP contribution in [0.3, 0.4) is 0 Å². The highest BCUT2D eigenvalue weighted by molar-refractivity contribution is 6.04. The van der Waals surface area contributed by atoms with E-state index < -0.39 is 0 Å². The monoisotopic (exact) mass is 437 g/mol. The summed E-state index contributed by atoms with van der Waals surface area (Å²) in [6, 6.07) is 13.3. The number of ether oxygens (including phenoxy) is 2. The van der Waals surface area contributed by atoms with E-state index in [9.17, 15) is 9.59 Å². The molecule has 7 heteroatoms. The van der Waals surface area contributed by atoms with E-state index in [4.69, 9.17) is 9.47 Å². The quantitative estimate of drug-likeness (QED) is 0.692. The van der Waals surface area contributed by atoms with Gasteiger partial charge < -0.3 is 20.1 Å². The molecule has 0 radical (unpaired) electrons. The number of anilines is 1. The zero-order valence-corrected chi connectivity index (χ0v) is 18.7. The van der Waals surface area contributed by atoms with Crippen LogP contribution < -0.4 is 20.1 Å². The second-order valence-electron chi connectivity index (χ2n) is 8.73. The first-order valence-corrected chi connectivity index (χ1v) is 11.3. The van der Waals surface area contributed by atoms with E-state index in [1.165, 1.54) is 0 Å². The van der Waals surface area contributed by atoms with Gasteiger partial charge in [0.2, 0.25) is 5.91 Å². The van der Waals surface area contributed by atoms with Crippen LogP contribution in [0, 0.1) is 5.92 Å². The maximum atomic E-state index is 12.9. The molecule has 7 nitrogen and oxygen atoms in total. The Kier molecular flexibility index (Phi) is 6.95. The summed E-state index contributed by atoms with van der Waals surface area (Å²) in [6.07, 6.45) is 2.02. The number of para-hydroxylation sites is 1. The molecule has 2 N–H and O–H groups in total. The van der Waals surface area contributed by atoms with Crippen LogP contribution in [0.25, 0.3) is 0 Å². The summed E-state index contributed by atoms with van der Waals surface area (Å²) in [5, 5.41) is 5.86. The van der Waals surface area contributed by atoms with E-state index in [0.29, 0.717) is 36.9 Å². The number of rotatable bonds is 7. The van der Waals surface area contributed by atoms with E-state index in [0.717, 1.165) is 36.4 Å². The molecule has 2 heterocycles. The molecule has 32 heavy (non-hydrogen) atoms. The van der Waals surface area contributed by atoms with E-state index in [1.54, 1.807) is 18.2 Å². The average molecular weight is 438 g/mol. The standard InChI is InChI=1S/C25H31N3O4/c1-17(2)15-26-25(30)19-6-3-4-7-20(19)27-24(29)16-28-11-5-8-21(28)18-9-10-22-23(14-18)32-13-12-31-22/h3-4,6-7,9-10,14,17,21H,5,8,11-13,15-16H2,1-2H3,(H,26,30)(H,27,29). The number of hydrogen-bond acceptors (Lipinski definition) is 5. The van der Waals surface area contributed by atoms with Crippen molar-refractivity contribution in [2.24, 2.45) is 5.92 Å². The molecule has 2 aliphatic rings. The number of carbonyl (C=O) groups excluding carboxylic acids is 2. The van der Waals surface area contributed by atoms with E-state index in [1.807, 2.05) is 32.0 Å². The van der Waals surface area contributed by atoms with Crippen molar-refractivity contribution < 1.29 is 19.1 Å². The topological polar surface area (TPSA) is 79.9 Å². The molecule has 2 amide bonds. The third-order valence-corrected chi connectivity index (χ3v) is 5.78. The molecule has 170 valence electrons. The van der Waals surface area contributed by atoms with Crippen molar-refractivity contribution in [3.63, 3.8) is 0 Å². The molecule has 0 aromatic heterocycles. The lowest BCUT2D eigenvalue weighted by molar-refractivity contribution is -0.117. The highest BCUT2D eigenvalue weighted by Crippen LogP contribution is 2.37. The normalized spacial score (nSPS) is 17.9. The number of fused-ring (bicyclic) bond motifs is 1. The van der Waals surface area contributed by atoms with Crippen LogP contribution in [0.1, 0.15) is 48.7 Å². The molecule has 2 aromatic carbocycles.